The lowest BCUT2D eigenvalue weighted by Gasteiger charge is -2.15. The number of aryl methyl sites for hydroxylation is 1. The minimum absolute atomic E-state index is 0.314. The van der Waals surface area contributed by atoms with Crippen molar-refractivity contribution >= 4 is 22.9 Å². The van der Waals surface area contributed by atoms with Gasteiger partial charge < -0.3 is 5.32 Å². The average molecular weight is 267 g/mol. The van der Waals surface area contributed by atoms with Gasteiger partial charge in [-0.3, -0.25) is 4.98 Å². The molecular weight excluding hydrogens is 252 g/mol. The van der Waals surface area contributed by atoms with Gasteiger partial charge in [-0.25, -0.2) is 0 Å². The van der Waals surface area contributed by atoms with Gasteiger partial charge in [-0.2, -0.15) is 0 Å². The monoisotopic (exact) mass is 266 g/mol. The summed E-state index contributed by atoms with van der Waals surface area (Å²) in [6.07, 6.45) is 4.37. The fourth-order valence-corrected chi connectivity index (χ4v) is 2.96. The highest BCUT2D eigenvalue weighted by Crippen LogP contribution is 2.27. The standard InChI is InChI=1S/C13H15ClN2S/c1-9-3-4-13(17-9)12(15-2)7-10-5-6-16-8-11(10)14/h3-6,8,12,15H,7H2,1-2H3. The van der Waals surface area contributed by atoms with Crippen molar-refractivity contribution in [3.63, 3.8) is 0 Å². The van der Waals surface area contributed by atoms with Gasteiger partial charge in [0.1, 0.15) is 0 Å². The summed E-state index contributed by atoms with van der Waals surface area (Å²) in [6, 6.07) is 6.62. The number of nitrogens with one attached hydrogen (secondary N) is 1. The number of hydrogen-bond donors (Lipinski definition) is 1. The first-order chi connectivity index (χ1) is 8.20. The molecule has 0 aliphatic heterocycles. The van der Waals surface area contributed by atoms with Gasteiger partial charge in [-0.1, -0.05) is 11.6 Å². The lowest BCUT2D eigenvalue weighted by molar-refractivity contribution is 0.602. The summed E-state index contributed by atoms with van der Waals surface area (Å²) >= 11 is 7.96. The molecule has 4 heteroatoms. The van der Waals surface area contributed by atoms with Crippen LogP contribution in [0.5, 0.6) is 0 Å². The Morgan fingerprint density at radius 2 is 2.24 bits per heavy atom. The minimum atomic E-state index is 0.314. The summed E-state index contributed by atoms with van der Waals surface area (Å²) in [5, 5.41) is 4.08. The molecule has 0 aromatic carbocycles. The predicted octanol–water partition coefficient (Wildman–Crippen LogP) is 3.61. The van der Waals surface area contributed by atoms with Crippen molar-refractivity contribution in [2.24, 2.45) is 0 Å². The summed E-state index contributed by atoms with van der Waals surface area (Å²) in [4.78, 5) is 6.68. The summed E-state index contributed by atoms with van der Waals surface area (Å²) in [6.45, 7) is 2.13. The lowest BCUT2D eigenvalue weighted by Crippen LogP contribution is -2.17. The van der Waals surface area contributed by atoms with Gasteiger partial charge in [0.15, 0.2) is 0 Å². The Kier molecular flexibility index (Phi) is 4.15. The Labute approximate surface area is 111 Å². The van der Waals surface area contributed by atoms with Crippen LogP contribution in [0.15, 0.2) is 30.6 Å². The Balaban J connectivity index is 2.18. The molecule has 0 amide bonds. The highest BCUT2D eigenvalue weighted by Gasteiger charge is 2.13. The molecule has 0 aliphatic carbocycles. The van der Waals surface area contributed by atoms with Crippen molar-refractivity contribution in [2.45, 2.75) is 19.4 Å². The molecule has 17 heavy (non-hydrogen) atoms. The third kappa shape index (κ3) is 3.06. The van der Waals surface area contributed by atoms with E-state index < -0.39 is 0 Å². The average Bonchev–Trinajstić information content (AvgIpc) is 2.75. The zero-order chi connectivity index (χ0) is 12.3. The first-order valence-corrected chi connectivity index (χ1v) is 6.72. The molecule has 0 radical (unpaired) electrons. The molecular formula is C13H15ClN2S. The fraction of sp³-hybridized carbons (Fsp3) is 0.308. The van der Waals surface area contributed by atoms with Gasteiger partial charge in [0.2, 0.25) is 0 Å². The summed E-state index contributed by atoms with van der Waals surface area (Å²) < 4.78 is 0. The second-order valence-electron chi connectivity index (χ2n) is 3.96. The van der Waals surface area contributed by atoms with Crippen LogP contribution < -0.4 is 5.32 Å². The third-order valence-electron chi connectivity index (χ3n) is 2.73. The Morgan fingerprint density at radius 1 is 1.41 bits per heavy atom. The highest BCUT2D eigenvalue weighted by molar-refractivity contribution is 7.12. The van der Waals surface area contributed by atoms with Gasteiger partial charge in [0.05, 0.1) is 5.02 Å². The summed E-state index contributed by atoms with van der Waals surface area (Å²) in [5.74, 6) is 0. The molecule has 2 heterocycles. The van der Waals surface area contributed by atoms with Crippen LogP contribution in [-0.4, -0.2) is 12.0 Å². The number of rotatable bonds is 4. The fourth-order valence-electron chi connectivity index (χ4n) is 1.78. The molecule has 2 aromatic heterocycles. The number of halogens is 1. The molecule has 0 saturated carbocycles. The molecule has 0 spiro atoms. The van der Waals surface area contributed by atoms with Gasteiger partial charge >= 0.3 is 0 Å². The van der Waals surface area contributed by atoms with E-state index >= 15 is 0 Å². The van der Waals surface area contributed by atoms with E-state index in [2.05, 4.69) is 29.4 Å². The summed E-state index contributed by atoms with van der Waals surface area (Å²) in [7, 11) is 1.98. The Morgan fingerprint density at radius 3 is 2.82 bits per heavy atom. The Hall–Kier alpha value is -0.900. The second kappa shape index (κ2) is 5.63. The molecule has 90 valence electrons. The van der Waals surface area contributed by atoms with Crippen molar-refractivity contribution in [1.82, 2.24) is 10.3 Å². The molecule has 1 N–H and O–H groups in total. The number of nitrogens with zero attached hydrogens (tertiary/aromatic N) is 1. The van der Waals surface area contributed by atoms with Crippen LogP contribution >= 0.6 is 22.9 Å². The number of thiophene rings is 1. The number of aromatic nitrogens is 1. The van der Waals surface area contributed by atoms with E-state index in [-0.39, 0.29) is 0 Å². The van der Waals surface area contributed by atoms with E-state index in [9.17, 15) is 0 Å². The largest absolute Gasteiger partial charge is 0.312 e. The van der Waals surface area contributed by atoms with E-state index in [1.54, 1.807) is 12.4 Å². The lowest BCUT2D eigenvalue weighted by atomic mass is 10.1. The number of pyridine rings is 1. The molecule has 1 atom stereocenters. The van der Waals surface area contributed by atoms with Crippen LogP contribution in [0.1, 0.15) is 21.4 Å². The van der Waals surface area contributed by atoms with Gasteiger partial charge in [0.25, 0.3) is 0 Å². The molecule has 1 unspecified atom stereocenters. The van der Waals surface area contributed by atoms with Crippen LogP contribution in [0.2, 0.25) is 5.02 Å². The topological polar surface area (TPSA) is 24.9 Å². The summed E-state index contributed by atoms with van der Waals surface area (Å²) in [5.41, 5.74) is 1.13. The molecule has 0 bridgehead atoms. The van der Waals surface area contributed by atoms with Gasteiger partial charge in [-0.05, 0) is 44.2 Å². The maximum absolute atomic E-state index is 6.13. The van der Waals surface area contributed by atoms with Crippen molar-refractivity contribution < 1.29 is 0 Å². The van der Waals surface area contributed by atoms with Crippen molar-refractivity contribution in [3.8, 4) is 0 Å². The van der Waals surface area contributed by atoms with Gasteiger partial charge in [0, 0.05) is 28.2 Å². The molecule has 2 nitrogen and oxygen atoms in total. The first kappa shape index (κ1) is 12.6. The minimum Gasteiger partial charge on any atom is -0.312 e. The van der Waals surface area contributed by atoms with Crippen molar-refractivity contribution in [1.29, 1.82) is 0 Å². The second-order valence-corrected chi connectivity index (χ2v) is 5.69. The predicted molar refractivity (Wildman–Crippen MR) is 73.8 cm³/mol. The number of likely N-dealkylation sites (N-methyl/N-ethyl adjacent to an activating group) is 1. The van der Waals surface area contributed by atoms with Crippen LogP contribution in [0.25, 0.3) is 0 Å². The van der Waals surface area contributed by atoms with E-state index in [0.29, 0.717) is 6.04 Å². The van der Waals surface area contributed by atoms with E-state index in [0.717, 1.165) is 17.0 Å². The van der Waals surface area contributed by atoms with Gasteiger partial charge in [-0.15, -0.1) is 11.3 Å². The van der Waals surface area contributed by atoms with Crippen LogP contribution in [-0.2, 0) is 6.42 Å². The molecule has 0 aliphatic rings. The maximum atomic E-state index is 6.13. The van der Waals surface area contributed by atoms with Crippen LogP contribution in [0.3, 0.4) is 0 Å². The van der Waals surface area contributed by atoms with Crippen molar-refractivity contribution in [2.75, 3.05) is 7.05 Å². The quantitative estimate of drug-likeness (QED) is 0.915. The zero-order valence-electron chi connectivity index (χ0n) is 9.90. The van der Waals surface area contributed by atoms with E-state index in [1.807, 2.05) is 24.5 Å². The normalized spacial score (nSPS) is 12.6. The smallest absolute Gasteiger partial charge is 0.0622 e. The maximum Gasteiger partial charge on any atom is 0.0622 e. The van der Waals surface area contributed by atoms with E-state index in [4.69, 9.17) is 11.6 Å². The molecule has 0 fully saturated rings. The Bertz CT molecular complexity index is 496. The zero-order valence-corrected chi connectivity index (χ0v) is 11.5. The SMILES string of the molecule is CNC(Cc1ccncc1Cl)c1ccc(C)s1. The first-order valence-electron chi connectivity index (χ1n) is 5.52. The molecule has 2 aromatic rings. The van der Waals surface area contributed by atoms with Crippen LogP contribution in [0, 0.1) is 6.92 Å². The molecule has 0 saturated heterocycles. The highest BCUT2D eigenvalue weighted by atomic mass is 35.5. The van der Waals surface area contributed by atoms with E-state index in [1.165, 1.54) is 9.75 Å². The van der Waals surface area contributed by atoms with Crippen molar-refractivity contribution in [3.05, 3.63) is 50.9 Å². The van der Waals surface area contributed by atoms with Crippen LogP contribution in [0.4, 0.5) is 0 Å². The molecule has 2 rings (SSSR count). The number of hydrogen-bond acceptors (Lipinski definition) is 3. The third-order valence-corrected chi connectivity index (χ3v) is 4.19.